The molecule has 5 heteroatoms. The van der Waals surface area contributed by atoms with Gasteiger partial charge in [-0.15, -0.1) is 0 Å². The van der Waals surface area contributed by atoms with Crippen LogP contribution in [0.1, 0.15) is 38.4 Å². The third kappa shape index (κ3) is 3.38. The van der Waals surface area contributed by atoms with Gasteiger partial charge in [0.2, 0.25) is 5.91 Å². The summed E-state index contributed by atoms with van der Waals surface area (Å²) in [5.41, 5.74) is 5.20. The summed E-state index contributed by atoms with van der Waals surface area (Å²) in [5, 5.41) is 3.36. The van der Waals surface area contributed by atoms with Crippen LogP contribution in [0, 0.1) is 5.92 Å². The Hall–Kier alpha value is -0.940. The van der Waals surface area contributed by atoms with Gasteiger partial charge in [0.25, 0.3) is 0 Å². The molecule has 1 saturated carbocycles. The minimum Gasteiger partial charge on any atom is -0.468 e. The molecule has 1 fully saturated rings. The van der Waals surface area contributed by atoms with Gasteiger partial charge in [-0.1, -0.05) is 13.3 Å². The molecule has 20 heavy (non-hydrogen) atoms. The number of rotatable bonds is 8. The molecule has 2 atom stereocenters. The Labute approximate surface area is 124 Å². The molecule has 3 N–H and O–H groups in total. The largest absolute Gasteiger partial charge is 0.468 e. The Bertz CT molecular complexity index is 422. The minimum atomic E-state index is -0.472. The number of hydrogen-bond donors (Lipinski definition) is 2. The second kappa shape index (κ2) is 7.18. The number of furan rings is 1. The van der Waals surface area contributed by atoms with Crippen molar-refractivity contribution in [1.82, 2.24) is 5.32 Å². The van der Waals surface area contributed by atoms with Gasteiger partial charge in [-0.25, -0.2) is 0 Å². The summed E-state index contributed by atoms with van der Waals surface area (Å²) >= 11 is 1.85. The molecule has 0 radical (unpaired) electrons. The van der Waals surface area contributed by atoms with Gasteiger partial charge in [0.15, 0.2) is 0 Å². The zero-order chi connectivity index (χ0) is 14.4. The lowest BCUT2D eigenvalue weighted by molar-refractivity contribution is -0.125. The minimum absolute atomic E-state index is 0.183. The number of primary amides is 1. The summed E-state index contributed by atoms with van der Waals surface area (Å²) in [6.07, 6.45) is 5.79. The van der Waals surface area contributed by atoms with E-state index in [1.165, 1.54) is 0 Å². The fourth-order valence-electron chi connectivity index (χ4n) is 3.22. The van der Waals surface area contributed by atoms with Gasteiger partial charge >= 0.3 is 0 Å². The van der Waals surface area contributed by atoms with E-state index in [0.717, 1.165) is 49.5 Å². The first-order valence-corrected chi connectivity index (χ1v) is 8.49. The van der Waals surface area contributed by atoms with E-state index in [2.05, 4.69) is 5.32 Å². The predicted molar refractivity (Wildman–Crippen MR) is 82.4 cm³/mol. The Balaban J connectivity index is 1.82. The molecule has 0 saturated heterocycles. The van der Waals surface area contributed by atoms with Crippen molar-refractivity contribution in [3.63, 3.8) is 0 Å². The van der Waals surface area contributed by atoms with Gasteiger partial charge in [0.05, 0.1) is 12.0 Å². The predicted octanol–water partition coefficient (Wildman–Crippen LogP) is 2.54. The quantitative estimate of drug-likeness (QED) is 0.723. The molecule has 1 aromatic heterocycles. The molecule has 2 rings (SSSR count). The molecule has 1 amide bonds. The van der Waals surface area contributed by atoms with Crippen molar-refractivity contribution in [1.29, 1.82) is 0 Å². The van der Waals surface area contributed by atoms with Crippen LogP contribution in [0.4, 0.5) is 0 Å². The number of hydrogen-bond acceptors (Lipinski definition) is 4. The monoisotopic (exact) mass is 296 g/mol. The summed E-state index contributed by atoms with van der Waals surface area (Å²) in [4.78, 5) is 11.9. The Kier molecular flexibility index (Phi) is 5.54. The normalized spacial score (nSPS) is 25.9. The number of nitrogens with two attached hydrogens (primary N) is 1. The van der Waals surface area contributed by atoms with Crippen LogP contribution in [0.25, 0.3) is 0 Å². The number of carbonyl (C=O) groups is 1. The highest BCUT2D eigenvalue weighted by Gasteiger charge is 2.46. The van der Waals surface area contributed by atoms with E-state index in [4.69, 9.17) is 10.2 Å². The zero-order valence-electron chi connectivity index (χ0n) is 12.1. The average molecular weight is 296 g/mol. The van der Waals surface area contributed by atoms with Gasteiger partial charge < -0.3 is 15.5 Å². The van der Waals surface area contributed by atoms with Crippen LogP contribution in [-0.2, 0) is 10.5 Å². The molecule has 1 aromatic rings. The molecule has 0 bridgehead atoms. The van der Waals surface area contributed by atoms with Crippen LogP contribution in [0.3, 0.4) is 0 Å². The Morgan fingerprint density at radius 1 is 1.65 bits per heavy atom. The van der Waals surface area contributed by atoms with Crippen LogP contribution in [0.15, 0.2) is 22.8 Å². The Morgan fingerprint density at radius 2 is 2.50 bits per heavy atom. The van der Waals surface area contributed by atoms with E-state index in [9.17, 15) is 4.79 Å². The molecular weight excluding hydrogens is 272 g/mol. The average Bonchev–Trinajstić information content (AvgIpc) is 3.05. The molecular formula is C15H24N2O2S. The fourth-order valence-corrected chi connectivity index (χ4v) is 4.18. The summed E-state index contributed by atoms with van der Waals surface area (Å²) in [5.74, 6) is 3.12. The molecule has 1 aliphatic rings. The first kappa shape index (κ1) is 15.4. The second-order valence-corrected chi connectivity index (χ2v) is 6.48. The van der Waals surface area contributed by atoms with Crippen LogP contribution >= 0.6 is 11.8 Å². The van der Waals surface area contributed by atoms with Crippen LogP contribution in [0.2, 0.25) is 0 Å². The Morgan fingerprint density at radius 3 is 3.15 bits per heavy atom. The fraction of sp³-hybridized carbons (Fsp3) is 0.667. The van der Waals surface area contributed by atoms with E-state index < -0.39 is 5.54 Å². The van der Waals surface area contributed by atoms with Gasteiger partial charge in [0.1, 0.15) is 11.3 Å². The molecule has 1 aliphatic carbocycles. The van der Waals surface area contributed by atoms with E-state index >= 15 is 0 Å². The molecule has 0 aliphatic heterocycles. The topological polar surface area (TPSA) is 68.3 Å². The maximum Gasteiger partial charge on any atom is 0.238 e. The third-order valence-electron chi connectivity index (χ3n) is 4.19. The lowest BCUT2D eigenvalue weighted by atomic mass is 9.84. The van der Waals surface area contributed by atoms with Crippen LogP contribution in [0.5, 0.6) is 0 Å². The van der Waals surface area contributed by atoms with Crippen molar-refractivity contribution < 1.29 is 9.21 Å². The molecule has 2 unspecified atom stereocenters. The third-order valence-corrected chi connectivity index (χ3v) is 5.20. The second-order valence-electron chi connectivity index (χ2n) is 5.38. The summed E-state index contributed by atoms with van der Waals surface area (Å²) < 4.78 is 5.32. The van der Waals surface area contributed by atoms with Gasteiger partial charge in [-0.2, -0.15) is 11.8 Å². The maximum absolute atomic E-state index is 11.9. The van der Waals surface area contributed by atoms with Gasteiger partial charge in [-0.3, -0.25) is 4.79 Å². The van der Waals surface area contributed by atoms with E-state index in [-0.39, 0.29) is 5.91 Å². The van der Waals surface area contributed by atoms with Crippen molar-refractivity contribution in [2.75, 3.05) is 12.3 Å². The van der Waals surface area contributed by atoms with Crippen LogP contribution in [-0.4, -0.2) is 23.7 Å². The number of nitrogens with one attached hydrogen (secondary N) is 1. The first-order valence-electron chi connectivity index (χ1n) is 7.34. The molecule has 4 nitrogen and oxygen atoms in total. The standard InChI is InChI=1S/C15H24N2O2S/c1-2-17-15(14(16)18)8-3-5-12(15)7-10-20-11-13-6-4-9-19-13/h4,6,9,12,17H,2-3,5,7-8,10-11H2,1H3,(H2,16,18). The number of thioether (sulfide) groups is 1. The van der Waals surface area contributed by atoms with E-state index in [1.54, 1.807) is 6.26 Å². The number of carbonyl (C=O) groups excluding carboxylic acids is 1. The zero-order valence-corrected chi connectivity index (χ0v) is 12.9. The van der Waals surface area contributed by atoms with Crippen molar-refractivity contribution in [3.05, 3.63) is 24.2 Å². The highest BCUT2D eigenvalue weighted by atomic mass is 32.2. The lowest BCUT2D eigenvalue weighted by Crippen LogP contribution is -2.57. The van der Waals surface area contributed by atoms with Crippen LogP contribution < -0.4 is 11.1 Å². The van der Waals surface area contributed by atoms with E-state index in [1.807, 2.05) is 30.8 Å². The smallest absolute Gasteiger partial charge is 0.238 e. The first-order chi connectivity index (χ1) is 9.69. The SMILES string of the molecule is CCNC1(C(N)=O)CCCC1CCSCc1ccco1. The molecule has 1 heterocycles. The lowest BCUT2D eigenvalue weighted by Gasteiger charge is -2.33. The summed E-state index contributed by atoms with van der Waals surface area (Å²) in [6.45, 7) is 2.82. The number of likely N-dealkylation sites (N-methyl/N-ethyl adjacent to an activating group) is 1. The summed E-state index contributed by atoms with van der Waals surface area (Å²) in [7, 11) is 0. The highest BCUT2D eigenvalue weighted by Crippen LogP contribution is 2.38. The number of amides is 1. The van der Waals surface area contributed by atoms with Crippen molar-refractivity contribution in [2.45, 2.75) is 43.9 Å². The highest BCUT2D eigenvalue weighted by molar-refractivity contribution is 7.98. The van der Waals surface area contributed by atoms with Crippen molar-refractivity contribution in [2.24, 2.45) is 11.7 Å². The van der Waals surface area contributed by atoms with E-state index in [0.29, 0.717) is 5.92 Å². The van der Waals surface area contributed by atoms with Gasteiger partial charge in [0, 0.05) is 0 Å². The summed E-state index contributed by atoms with van der Waals surface area (Å²) in [6, 6.07) is 3.91. The molecule has 0 aromatic carbocycles. The van der Waals surface area contributed by atoms with Crippen molar-refractivity contribution >= 4 is 17.7 Å². The molecule has 112 valence electrons. The van der Waals surface area contributed by atoms with Crippen molar-refractivity contribution in [3.8, 4) is 0 Å². The van der Waals surface area contributed by atoms with Gasteiger partial charge in [-0.05, 0) is 49.6 Å². The maximum atomic E-state index is 11.9. The molecule has 0 spiro atoms.